The molecule has 0 aliphatic heterocycles. The van der Waals surface area contributed by atoms with Crippen LogP contribution in [-0.2, 0) is 5.41 Å². The molecule has 3 aromatic carbocycles. The molecule has 6 nitrogen and oxygen atoms in total. The Kier molecular flexibility index (Phi) is 6.68. The quantitative estimate of drug-likeness (QED) is 0.531. The summed E-state index contributed by atoms with van der Waals surface area (Å²) in [6.45, 7) is 6.32. The summed E-state index contributed by atoms with van der Waals surface area (Å²) in [5.74, 6) is -1.82. The standard InChI is InChI=1S/C25H24FN3O3/c1-25(2,3)19-10-4-16(5-11-19)22(30)27-21-14-8-18(9-15-21)24(32)29-28-23(31)17-6-12-20(26)13-7-17/h4-15H,1-3H3,(H,27,30)(H,28,31)(H,29,32). The highest BCUT2D eigenvalue weighted by molar-refractivity contribution is 6.04. The van der Waals surface area contributed by atoms with Gasteiger partial charge in [0.25, 0.3) is 17.7 Å². The van der Waals surface area contributed by atoms with Gasteiger partial charge in [-0.3, -0.25) is 25.2 Å². The number of halogens is 1. The molecular weight excluding hydrogens is 409 g/mol. The van der Waals surface area contributed by atoms with Crippen LogP contribution in [0.3, 0.4) is 0 Å². The summed E-state index contributed by atoms with van der Waals surface area (Å²) in [5, 5.41) is 2.79. The first kappa shape index (κ1) is 22.7. The fraction of sp³-hybridized carbons (Fsp3) is 0.160. The Morgan fingerprint density at radius 3 is 1.50 bits per heavy atom. The number of benzene rings is 3. The molecule has 3 amide bonds. The highest BCUT2D eigenvalue weighted by Crippen LogP contribution is 2.22. The lowest BCUT2D eigenvalue weighted by molar-refractivity contribution is 0.0846. The van der Waals surface area contributed by atoms with Crippen LogP contribution < -0.4 is 16.2 Å². The van der Waals surface area contributed by atoms with Gasteiger partial charge in [0, 0.05) is 22.4 Å². The minimum atomic E-state index is -0.570. The van der Waals surface area contributed by atoms with Gasteiger partial charge in [-0.05, 0) is 71.6 Å². The van der Waals surface area contributed by atoms with Crippen LogP contribution in [0.25, 0.3) is 0 Å². The monoisotopic (exact) mass is 433 g/mol. The number of hydrogen-bond acceptors (Lipinski definition) is 3. The Bertz CT molecular complexity index is 1120. The van der Waals surface area contributed by atoms with Gasteiger partial charge < -0.3 is 5.32 Å². The zero-order valence-corrected chi connectivity index (χ0v) is 18.0. The van der Waals surface area contributed by atoms with Crippen LogP contribution in [0.4, 0.5) is 10.1 Å². The zero-order chi connectivity index (χ0) is 23.3. The van der Waals surface area contributed by atoms with Gasteiger partial charge in [0.05, 0.1) is 0 Å². The lowest BCUT2D eigenvalue weighted by atomic mass is 9.87. The summed E-state index contributed by atoms with van der Waals surface area (Å²) in [6, 6.07) is 18.6. The second kappa shape index (κ2) is 9.43. The van der Waals surface area contributed by atoms with E-state index in [1.165, 1.54) is 24.3 Å². The van der Waals surface area contributed by atoms with E-state index in [1.807, 2.05) is 12.1 Å². The number of anilines is 1. The first-order valence-electron chi connectivity index (χ1n) is 10.0. The van der Waals surface area contributed by atoms with Gasteiger partial charge in [-0.1, -0.05) is 32.9 Å². The summed E-state index contributed by atoms with van der Waals surface area (Å²) >= 11 is 0. The van der Waals surface area contributed by atoms with E-state index in [2.05, 4.69) is 36.9 Å². The molecule has 3 rings (SSSR count). The van der Waals surface area contributed by atoms with Gasteiger partial charge >= 0.3 is 0 Å². The number of nitrogens with one attached hydrogen (secondary N) is 3. The minimum Gasteiger partial charge on any atom is -0.322 e. The maximum atomic E-state index is 12.9. The van der Waals surface area contributed by atoms with Crippen molar-refractivity contribution in [1.29, 1.82) is 0 Å². The highest BCUT2D eigenvalue weighted by Gasteiger charge is 2.15. The normalized spacial score (nSPS) is 10.9. The number of carbonyl (C=O) groups excluding carboxylic acids is 3. The van der Waals surface area contributed by atoms with E-state index in [9.17, 15) is 18.8 Å². The van der Waals surface area contributed by atoms with E-state index < -0.39 is 17.6 Å². The van der Waals surface area contributed by atoms with Gasteiger partial charge in [-0.15, -0.1) is 0 Å². The summed E-state index contributed by atoms with van der Waals surface area (Å²) in [4.78, 5) is 36.7. The lowest BCUT2D eigenvalue weighted by Crippen LogP contribution is -2.41. The molecule has 0 saturated carbocycles. The molecule has 7 heteroatoms. The molecule has 164 valence electrons. The van der Waals surface area contributed by atoms with Crippen LogP contribution in [0.1, 0.15) is 57.4 Å². The van der Waals surface area contributed by atoms with Gasteiger partial charge in [0.15, 0.2) is 0 Å². The molecule has 0 aliphatic rings. The Morgan fingerprint density at radius 2 is 1.03 bits per heavy atom. The predicted molar refractivity (Wildman–Crippen MR) is 121 cm³/mol. The summed E-state index contributed by atoms with van der Waals surface area (Å²) in [6.07, 6.45) is 0. The van der Waals surface area contributed by atoms with Crippen molar-refractivity contribution >= 4 is 23.4 Å². The van der Waals surface area contributed by atoms with Gasteiger partial charge in [0.2, 0.25) is 0 Å². The molecule has 0 aliphatic carbocycles. The van der Waals surface area contributed by atoms with Crippen molar-refractivity contribution in [1.82, 2.24) is 10.9 Å². The molecule has 0 aromatic heterocycles. The fourth-order valence-electron chi connectivity index (χ4n) is 2.89. The average molecular weight is 433 g/mol. The first-order chi connectivity index (χ1) is 15.1. The summed E-state index contributed by atoms with van der Waals surface area (Å²) in [5.41, 5.74) is 7.26. The third-order valence-corrected chi connectivity index (χ3v) is 4.81. The van der Waals surface area contributed by atoms with Crippen molar-refractivity contribution in [3.63, 3.8) is 0 Å². The van der Waals surface area contributed by atoms with E-state index in [0.29, 0.717) is 11.3 Å². The lowest BCUT2D eigenvalue weighted by Gasteiger charge is -2.19. The third-order valence-electron chi connectivity index (χ3n) is 4.81. The molecule has 3 N–H and O–H groups in total. The maximum absolute atomic E-state index is 12.9. The molecule has 0 radical (unpaired) electrons. The zero-order valence-electron chi connectivity index (χ0n) is 18.0. The molecule has 32 heavy (non-hydrogen) atoms. The van der Waals surface area contributed by atoms with Gasteiger partial charge in [0.1, 0.15) is 5.82 Å². The highest BCUT2D eigenvalue weighted by atomic mass is 19.1. The molecule has 0 unspecified atom stereocenters. The molecule has 0 saturated heterocycles. The molecule has 0 fully saturated rings. The van der Waals surface area contributed by atoms with Gasteiger partial charge in [-0.2, -0.15) is 0 Å². The van der Waals surface area contributed by atoms with Crippen LogP contribution in [-0.4, -0.2) is 17.7 Å². The first-order valence-corrected chi connectivity index (χ1v) is 10.0. The molecule has 0 heterocycles. The van der Waals surface area contributed by atoms with E-state index in [0.717, 1.165) is 17.7 Å². The van der Waals surface area contributed by atoms with Crippen molar-refractivity contribution in [2.75, 3.05) is 5.32 Å². The SMILES string of the molecule is CC(C)(C)c1ccc(C(=O)Nc2ccc(C(=O)NNC(=O)c3ccc(F)cc3)cc2)cc1. The Morgan fingerprint density at radius 1 is 0.625 bits per heavy atom. The van der Waals surface area contributed by atoms with E-state index in [-0.39, 0.29) is 22.4 Å². The smallest absolute Gasteiger partial charge is 0.269 e. The van der Waals surface area contributed by atoms with Crippen LogP contribution >= 0.6 is 0 Å². The van der Waals surface area contributed by atoms with Crippen molar-refractivity contribution in [2.45, 2.75) is 26.2 Å². The molecule has 0 bridgehead atoms. The maximum Gasteiger partial charge on any atom is 0.269 e. The number of hydrazine groups is 1. The van der Waals surface area contributed by atoms with Crippen molar-refractivity contribution in [2.24, 2.45) is 0 Å². The number of amides is 3. The van der Waals surface area contributed by atoms with Crippen LogP contribution in [0, 0.1) is 5.82 Å². The number of rotatable bonds is 4. The average Bonchev–Trinajstić information content (AvgIpc) is 2.77. The second-order valence-corrected chi connectivity index (χ2v) is 8.27. The van der Waals surface area contributed by atoms with E-state index >= 15 is 0 Å². The fourth-order valence-corrected chi connectivity index (χ4v) is 2.89. The van der Waals surface area contributed by atoms with E-state index in [4.69, 9.17) is 0 Å². The second-order valence-electron chi connectivity index (χ2n) is 8.27. The largest absolute Gasteiger partial charge is 0.322 e. The van der Waals surface area contributed by atoms with Gasteiger partial charge in [-0.25, -0.2) is 4.39 Å². The molecule has 3 aromatic rings. The molecule has 0 spiro atoms. The Balaban J connectivity index is 1.56. The third kappa shape index (κ3) is 5.78. The van der Waals surface area contributed by atoms with E-state index in [1.54, 1.807) is 24.3 Å². The molecule has 0 atom stereocenters. The van der Waals surface area contributed by atoms with Crippen molar-refractivity contribution in [3.05, 3.63) is 101 Å². The molecular formula is C25H24FN3O3. The summed E-state index contributed by atoms with van der Waals surface area (Å²) in [7, 11) is 0. The predicted octanol–water partition coefficient (Wildman–Crippen LogP) is 4.45. The van der Waals surface area contributed by atoms with Crippen LogP contribution in [0.2, 0.25) is 0 Å². The Hall–Kier alpha value is -4.00. The van der Waals surface area contributed by atoms with Crippen molar-refractivity contribution < 1.29 is 18.8 Å². The Labute approximate surface area is 185 Å². The topological polar surface area (TPSA) is 87.3 Å². The number of carbonyl (C=O) groups is 3. The van der Waals surface area contributed by atoms with Crippen molar-refractivity contribution in [3.8, 4) is 0 Å². The summed E-state index contributed by atoms with van der Waals surface area (Å²) < 4.78 is 12.9. The minimum absolute atomic E-state index is 0.00387. The van der Waals surface area contributed by atoms with Crippen LogP contribution in [0.15, 0.2) is 72.8 Å². The van der Waals surface area contributed by atoms with Crippen LogP contribution in [0.5, 0.6) is 0 Å². The number of hydrogen-bond donors (Lipinski definition) is 3.